The molecule has 2 nitrogen and oxygen atoms in total. The van der Waals surface area contributed by atoms with Crippen molar-refractivity contribution in [2.45, 2.75) is 13.3 Å². The first-order valence-electron chi connectivity index (χ1n) is 4.77. The van der Waals surface area contributed by atoms with E-state index in [0.717, 1.165) is 16.9 Å². The highest BCUT2D eigenvalue weighted by molar-refractivity contribution is 14.1. The number of halogens is 1. The van der Waals surface area contributed by atoms with E-state index in [4.69, 9.17) is 12.2 Å². The molecule has 78 valence electrons. The van der Waals surface area contributed by atoms with Crippen LogP contribution in [0, 0.1) is 8.34 Å². The van der Waals surface area contributed by atoms with Gasteiger partial charge in [-0.3, -0.25) is 4.57 Å². The van der Waals surface area contributed by atoms with Gasteiger partial charge in [0.2, 0.25) is 0 Å². The van der Waals surface area contributed by atoms with Crippen molar-refractivity contribution in [3.8, 4) is 5.69 Å². The van der Waals surface area contributed by atoms with E-state index in [0.29, 0.717) is 0 Å². The molecule has 0 amide bonds. The first kappa shape index (κ1) is 10.9. The van der Waals surface area contributed by atoms with Gasteiger partial charge in [-0.05, 0) is 59.4 Å². The third kappa shape index (κ3) is 2.15. The van der Waals surface area contributed by atoms with Crippen molar-refractivity contribution in [3.63, 3.8) is 0 Å². The van der Waals surface area contributed by atoms with E-state index >= 15 is 0 Å². The third-order valence-electron chi connectivity index (χ3n) is 2.28. The van der Waals surface area contributed by atoms with Crippen molar-refractivity contribution in [3.05, 3.63) is 44.5 Å². The van der Waals surface area contributed by atoms with Crippen LogP contribution in [0.1, 0.15) is 12.6 Å². The van der Waals surface area contributed by atoms with Crippen molar-refractivity contribution < 1.29 is 0 Å². The zero-order valence-electron chi connectivity index (χ0n) is 8.33. The highest BCUT2D eigenvalue weighted by Crippen LogP contribution is 2.15. The molecule has 4 heteroatoms. The molecule has 0 saturated heterocycles. The molecule has 0 aliphatic carbocycles. The van der Waals surface area contributed by atoms with Crippen molar-refractivity contribution in [1.82, 2.24) is 9.55 Å². The highest BCUT2D eigenvalue weighted by Gasteiger charge is 2.04. The maximum absolute atomic E-state index is 5.27. The Labute approximate surface area is 107 Å². The number of benzene rings is 1. The van der Waals surface area contributed by atoms with E-state index in [1.807, 2.05) is 12.3 Å². The maximum atomic E-state index is 5.27. The van der Waals surface area contributed by atoms with Crippen molar-refractivity contribution in [2.24, 2.45) is 0 Å². The van der Waals surface area contributed by atoms with Gasteiger partial charge in [0.1, 0.15) is 0 Å². The summed E-state index contributed by atoms with van der Waals surface area (Å²) in [4.78, 5) is 3.08. The number of nitrogens with one attached hydrogen (secondary N) is 1. The van der Waals surface area contributed by atoms with Gasteiger partial charge in [0.25, 0.3) is 0 Å². The predicted molar refractivity (Wildman–Crippen MR) is 73.0 cm³/mol. The van der Waals surface area contributed by atoms with E-state index in [1.54, 1.807) is 0 Å². The Morgan fingerprint density at radius 1 is 1.47 bits per heavy atom. The molecule has 1 aromatic carbocycles. The number of hydrogen-bond donors (Lipinski definition) is 1. The van der Waals surface area contributed by atoms with Crippen LogP contribution in [0.2, 0.25) is 0 Å². The van der Waals surface area contributed by atoms with Crippen LogP contribution in [0.25, 0.3) is 5.69 Å². The average Bonchev–Trinajstić information content (AvgIpc) is 2.59. The SMILES string of the molecule is CCc1c[nH]c(=S)n1-c1cccc(I)c1. The molecule has 2 aromatic rings. The molecular formula is C11H11IN2S. The van der Waals surface area contributed by atoms with E-state index in [2.05, 4.69) is 57.3 Å². The number of aryl methyl sites for hydroxylation is 1. The minimum absolute atomic E-state index is 0.758. The highest BCUT2D eigenvalue weighted by atomic mass is 127. The van der Waals surface area contributed by atoms with Crippen LogP contribution >= 0.6 is 34.8 Å². The zero-order valence-corrected chi connectivity index (χ0v) is 11.3. The summed E-state index contributed by atoms with van der Waals surface area (Å²) < 4.78 is 4.06. The molecule has 0 saturated carbocycles. The van der Waals surface area contributed by atoms with Gasteiger partial charge in [0.15, 0.2) is 4.77 Å². The van der Waals surface area contributed by atoms with E-state index in [-0.39, 0.29) is 0 Å². The van der Waals surface area contributed by atoms with Gasteiger partial charge >= 0.3 is 0 Å². The maximum Gasteiger partial charge on any atom is 0.182 e. The standard InChI is InChI=1S/C11H11IN2S/c1-2-9-7-13-11(15)14(9)10-5-3-4-8(12)6-10/h3-7H,2H2,1H3,(H,13,15). The fraction of sp³-hybridized carbons (Fsp3) is 0.182. The first-order chi connectivity index (χ1) is 7.22. The summed E-state index contributed by atoms with van der Waals surface area (Å²) in [5, 5.41) is 0. The predicted octanol–water partition coefficient (Wildman–Crippen LogP) is 3.70. The Morgan fingerprint density at radius 3 is 2.93 bits per heavy atom. The lowest BCUT2D eigenvalue weighted by Crippen LogP contribution is -1.99. The summed E-state index contributed by atoms with van der Waals surface area (Å²) in [6, 6.07) is 8.32. The summed E-state index contributed by atoms with van der Waals surface area (Å²) in [5.41, 5.74) is 2.34. The monoisotopic (exact) mass is 330 g/mol. The average molecular weight is 330 g/mol. The van der Waals surface area contributed by atoms with Gasteiger partial charge in [-0.15, -0.1) is 0 Å². The van der Waals surface area contributed by atoms with Crippen molar-refractivity contribution >= 4 is 34.8 Å². The van der Waals surface area contributed by atoms with Crippen LogP contribution in [-0.4, -0.2) is 9.55 Å². The van der Waals surface area contributed by atoms with Crippen LogP contribution in [0.5, 0.6) is 0 Å². The smallest absolute Gasteiger partial charge is 0.182 e. The van der Waals surface area contributed by atoms with Crippen LogP contribution in [0.15, 0.2) is 30.5 Å². The lowest BCUT2D eigenvalue weighted by Gasteiger charge is -2.06. The zero-order chi connectivity index (χ0) is 10.8. The molecular weight excluding hydrogens is 319 g/mol. The van der Waals surface area contributed by atoms with Crippen LogP contribution in [0.3, 0.4) is 0 Å². The second kappa shape index (κ2) is 4.49. The molecule has 0 atom stereocenters. The number of H-pyrrole nitrogens is 1. The Bertz CT molecular complexity index is 527. The van der Waals surface area contributed by atoms with Gasteiger partial charge in [0.05, 0.1) is 0 Å². The molecule has 0 bridgehead atoms. The fourth-order valence-corrected chi connectivity index (χ4v) is 2.37. The number of nitrogens with zero attached hydrogens (tertiary/aromatic N) is 1. The summed E-state index contributed by atoms with van der Waals surface area (Å²) in [6.07, 6.45) is 2.95. The number of aromatic nitrogens is 2. The Balaban J connectivity index is 2.62. The van der Waals surface area contributed by atoms with Gasteiger partial charge < -0.3 is 4.98 Å². The number of hydrogen-bond acceptors (Lipinski definition) is 1. The van der Waals surface area contributed by atoms with Crippen LogP contribution < -0.4 is 0 Å². The van der Waals surface area contributed by atoms with Gasteiger partial charge in [-0.1, -0.05) is 13.0 Å². The summed E-state index contributed by atoms with van der Waals surface area (Å²) >= 11 is 7.58. The molecule has 0 unspecified atom stereocenters. The molecule has 0 fully saturated rings. The Kier molecular flexibility index (Phi) is 3.25. The summed E-state index contributed by atoms with van der Waals surface area (Å²) in [5.74, 6) is 0. The molecule has 1 N–H and O–H groups in total. The fourth-order valence-electron chi connectivity index (χ4n) is 1.56. The molecule has 0 spiro atoms. The largest absolute Gasteiger partial charge is 0.337 e. The molecule has 0 aliphatic rings. The van der Waals surface area contributed by atoms with Crippen LogP contribution in [0.4, 0.5) is 0 Å². The van der Waals surface area contributed by atoms with Crippen molar-refractivity contribution in [2.75, 3.05) is 0 Å². The molecule has 15 heavy (non-hydrogen) atoms. The lowest BCUT2D eigenvalue weighted by atomic mass is 10.3. The van der Waals surface area contributed by atoms with E-state index in [9.17, 15) is 0 Å². The molecule has 2 rings (SSSR count). The molecule has 0 aliphatic heterocycles. The summed E-state index contributed by atoms with van der Waals surface area (Å²) in [7, 11) is 0. The first-order valence-corrected chi connectivity index (χ1v) is 6.26. The second-order valence-corrected chi connectivity index (χ2v) is 4.89. The topological polar surface area (TPSA) is 20.7 Å². The van der Waals surface area contributed by atoms with Gasteiger partial charge in [0, 0.05) is 21.1 Å². The van der Waals surface area contributed by atoms with E-state index < -0.39 is 0 Å². The van der Waals surface area contributed by atoms with E-state index in [1.165, 1.54) is 9.26 Å². The van der Waals surface area contributed by atoms with Gasteiger partial charge in [-0.2, -0.15) is 0 Å². The second-order valence-electron chi connectivity index (χ2n) is 3.25. The number of imidazole rings is 1. The lowest BCUT2D eigenvalue weighted by molar-refractivity contribution is 0.921. The number of rotatable bonds is 2. The molecule has 1 aromatic heterocycles. The quantitative estimate of drug-likeness (QED) is 0.658. The minimum Gasteiger partial charge on any atom is -0.337 e. The minimum atomic E-state index is 0.758. The van der Waals surface area contributed by atoms with Crippen molar-refractivity contribution in [1.29, 1.82) is 0 Å². The molecule has 0 radical (unpaired) electrons. The summed E-state index contributed by atoms with van der Waals surface area (Å²) in [6.45, 7) is 2.13. The van der Waals surface area contributed by atoms with Crippen LogP contribution in [-0.2, 0) is 6.42 Å². The normalized spacial score (nSPS) is 10.5. The Hall–Kier alpha value is -0.620. The third-order valence-corrected chi connectivity index (χ3v) is 3.25. The Morgan fingerprint density at radius 2 is 2.27 bits per heavy atom. The van der Waals surface area contributed by atoms with Gasteiger partial charge in [-0.25, -0.2) is 0 Å². The molecule has 1 heterocycles. The number of aromatic amines is 1.